The van der Waals surface area contributed by atoms with Gasteiger partial charge in [-0.05, 0) is 31.0 Å². The molecule has 3 aromatic rings. The molecule has 46 heavy (non-hydrogen) atoms. The summed E-state index contributed by atoms with van der Waals surface area (Å²) in [5, 5.41) is 0.736. The quantitative estimate of drug-likeness (QED) is 0.0570. The topological polar surface area (TPSA) is 67.1 Å². The van der Waals surface area contributed by atoms with Crippen molar-refractivity contribution in [1.29, 1.82) is 0 Å². The van der Waals surface area contributed by atoms with E-state index >= 15 is 0 Å². The van der Waals surface area contributed by atoms with Crippen LogP contribution in [0, 0.1) is 0 Å². The Kier molecular flexibility index (Phi) is 20.4. The monoisotopic (exact) mass is 654 g/mol. The van der Waals surface area contributed by atoms with E-state index in [4.69, 9.17) is 23.4 Å². The van der Waals surface area contributed by atoms with E-state index in [2.05, 4.69) is 13.8 Å². The molecule has 1 aromatic heterocycles. The molecule has 0 saturated heterocycles. The molecule has 0 aliphatic rings. The van der Waals surface area contributed by atoms with E-state index in [0.29, 0.717) is 48.4 Å². The molecule has 0 aliphatic heterocycles. The third-order valence-corrected chi connectivity index (χ3v) is 9.01. The van der Waals surface area contributed by atoms with Crippen LogP contribution >= 0.6 is 11.8 Å². The first-order valence-electron chi connectivity index (χ1n) is 18.0. The van der Waals surface area contributed by atoms with Crippen molar-refractivity contribution in [2.45, 2.75) is 126 Å². The minimum absolute atomic E-state index is 0.383. The average Bonchev–Trinajstić information content (AvgIpc) is 3.06. The van der Waals surface area contributed by atoms with E-state index in [9.17, 15) is 4.79 Å². The van der Waals surface area contributed by atoms with Gasteiger partial charge < -0.3 is 23.4 Å². The Labute approximate surface area is 281 Å². The molecule has 0 fully saturated rings. The van der Waals surface area contributed by atoms with E-state index in [1.807, 2.05) is 42.5 Å². The van der Waals surface area contributed by atoms with E-state index in [1.165, 1.54) is 102 Å². The number of rotatable bonds is 28. The smallest absolute Gasteiger partial charge is 0.350 e. The lowest BCUT2D eigenvalue weighted by atomic mass is 10.1. The van der Waals surface area contributed by atoms with Crippen LogP contribution in [0.15, 0.2) is 67.5 Å². The molecule has 6 nitrogen and oxygen atoms in total. The first kappa shape index (κ1) is 38.0. The highest BCUT2D eigenvalue weighted by molar-refractivity contribution is 7.99. The molecule has 1 heterocycles. The summed E-state index contributed by atoms with van der Waals surface area (Å²) in [6.07, 6.45) is 20.5. The van der Waals surface area contributed by atoms with Crippen molar-refractivity contribution < 1.29 is 23.4 Å². The van der Waals surface area contributed by atoms with Crippen molar-refractivity contribution in [3.8, 4) is 11.5 Å². The van der Waals surface area contributed by atoms with Crippen LogP contribution < -0.4 is 15.1 Å². The minimum Gasteiger partial charge on any atom is -0.491 e. The van der Waals surface area contributed by atoms with Gasteiger partial charge in [0.2, 0.25) is 0 Å². The first-order valence-corrected chi connectivity index (χ1v) is 18.8. The summed E-state index contributed by atoms with van der Waals surface area (Å²) in [6, 6.07) is 15.3. The molecular formula is C39H58O6S. The number of unbranched alkanes of at least 4 members (excludes halogenated alkanes) is 14. The Hall–Kier alpha value is -2.48. The predicted molar refractivity (Wildman–Crippen MR) is 191 cm³/mol. The van der Waals surface area contributed by atoms with Gasteiger partial charge in [-0.3, -0.25) is 0 Å². The second-order valence-corrected chi connectivity index (χ2v) is 13.1. The molecular weight excluding hydrogens is 596 g/mol. The minimum atomic E-state index is -0.383. The summed E-state index contributed by atoms with van der Waals surface area (Å²) >= 11 is 1.38. The van der Waals surface area contributed by atoms with Crippen LogP contribution in [0.2, 0.25) is 0 Å². The molecule has 256 valence electrons. The van der Waals surface area contributed by atoms with Gasteiger partial charge in [0, 0.05) is 30.2 Å². The van der Waals surface area contributed by atoms with Gasteiger partial charge in [-0.15, -0.1) is 0 Å². The lowest BCUT2D eigenvalue weighted by Crippen LogP contribution is -2.10. The Bertz CT molecular complexity index is 1240. The lowest BCUT2D eigenvalue weighted by molar-refractivity contribution is 0.0950. The standard InChI is InChI=1S/C39H58O6S/c1-3-5-7-9-11-13-15-20-24-41-26-28-43-33-30-36(44-29-27-42-25-21-16-14-12-10-8-6-4-2)35-32-38(39(40)45-37(35)31-33)46-34-22-18-17-19-23-34/h17-19,22-23,30-32H,3-16,20-21,24-29H2,1-2H3. The summed E-state index contributed by atoms with van der Waals surface area (Å²) in [6.45, 7) is 7.82. The summed E-state index contributed by atoms with van der Waals surface area (Å²) in [4.78, 5) is 14.4. The lowest BCUT2D eigenvalue weighted by Gasteiger charge is -2.13. The van der Waals surface area contributed by atoms with Gasteiger partial charge in [-0.25, -0.2) is 4.79 Å². The van der Waals surface area contributed by atoms with Crippen LogP contribution in [-0.4, -0.2) is 39.6 Å². The number of ether oxygens (including phenoxy) is 4. The zero-order valence-corrected chi connectivity index (χ0v) is 29.3. The predicted octanol–water partition coefficient (Wildman–Crippen LogP) is 11.0. The fraction of sp³-hybridized carbons (Fsp3) is 0.615. The van der Waals surface area contributed by atoms with Crippen LogP contribution in [0.4, 0.5) is 0 Å². The van der Waals surface area contributed by atoms with Crippen LogP contribution in [-0.2, 0) is 9.47 Å². The average molecular weight is 655 g/mol. The van der Waals surface area contributed by atoms with Crippen LogP contribution in [0.3, 0.4) is 0 Å². The van der Waals surface area contributed by atoms with Crippen LogP contribution in [0.5, 0.6) is 11.5 Å². The van der Waals surface area contributed by atoms with Gasteiger partial charge in [-0.1, -0.05) is 134 Å². The third kappa shape index (κ3) is 15.9. The number of benzene rings is 2. The SMILES string of the molecule is CCCCCCCCCCOCCOc1cc(OCCOCCCCCCCCCC)c2cc(Sc3ccccc3)c(=O)oc2c1. The Balaban J connectivity index is 1.48. The highest BCUT2D eigenvalue weighted by atomic mass is 32.2. The maximum atomic E-state index is 12.9. The molecule has 0 radical (unpaired) electrons. The van der Waals surface area contributed by atoms with Crippen molar-refractivity contribution in [1.82, 2.24) is 0 Å². The van der Waals surface area contributed by atoms with Gasteiger partial charge in [0.05, 0.1) is 23.5 Å². The van der Waals surface area contributed by atoms with Crippen LogP contribution in [0.1, 0.15) is 117 Å². The molecule has 0 bridgehead atoms. The molecule has 0 aliphatic carbocycles. The van der Waals surface area contributed by atoms with Gasteiger partial charge in [0.25, 0.3) is 0 Å². The Morgan fingerprint density at radius 1 is 0.587 bits per heavy atom. The highest BCUT2D eigenvalue weighted by Crippen LogP contribution is 2.34. The van der Waals surface area contributed by atoms with E-state index in [0.717, 1.165) is 36.3 Å². The Morgan fingerprint density at radius 2 is 1.13 bits per heavy atom. The molecule has 0 N–H and O–H groups in total. The molecule has 7 heteroatoms. The molecule has 3 rings (SSSR count). The molecule has 0 unspecified atom stereocenters. The molecule has 0 spiro atoms. The van der Waals surface area contributed by atoms with Crippen LogP contribution in [0.25, 0.3) is 11.0 Å². The van der Waals surface area contributed by atoms with Gasteiger partial charge >= 0.3 is 5.63 Å². The largest absolute Gasteiger partial charge is 0.491 e. The second kappa shape index (κ2) is 24.7. The second-order valence-electron chi connectivity index (χ2n) is 12.0. The van der Waals surface area contributed by atoms with Crippen molar-refractivity contribution >= 4 is 22.7 Å². The zero-order valence-electron chi connectivity index (χ0n) is 28.5. The van der Waals surface area contributed by atoms with E-state index in [1.54, 1.807) is 6.07 Å². The summed E-state index contributed by atoms with van der Waals surface area (Å²) < 4.78 is 29.7. The Morgan fingerprint density at radius 3 is 1.72 bits per heavy atom. The highest BCUT2D eigenvalue weighted by Gasteiger charge is 2.14. The van der Waals surface area contributed by atoms with Gasteiger partial charge in [0.1, 0.15) is 30.3 Å². The number of hydrogen-bond donors (Lipinski definition) is 0. The van der Waals surface area contributed by atoms with Crippen molar-refractivity contribution in [3.05, 3.63) is 59.0 Å². The zero-order chi connectivity index (χ0) is 32.5. The maximum Gasteiger partial charge on any atom is 0.350 e. The fourth-order valence-electron chi connectivity index (χ4n) is 5.34. The van der Waals surface area contributed by atoms with E-state index in [-0.39, 0.29) is 5.63 Å². The molecule has 0 amide bonds. The molecule has 2 aromatic carbocycles. The number of fused-ring (bicyclic) bond motifs is 1. The number of hydrogen-bond acceptors (Lipinski definition) is 7. The fourth-order valence-corrected chi connectivity index (χ4v) is 6.19. The maximum absolute atomic E-state index is 12.9. The van der Waals surface area contributed by atoms with Crippen molar-refractivity contribution in [2.75, 3.05) is 39.6 Å². The van der Waals surface area contributed by atoms with Gasteiger partial charge in [0.15, 0.2) is 0 Å². The summed E-state index contributed by atoms with van der Waals surface area (Å²) in [5.74, 6) is 1.20. The van der Waals surface area contributed by atoms with E-state index < -0.39 is 0 Å². The normalized spacial score (nSPS) is 11.3. The van der Waals surface area contributed by atoms with Gasteiger partial charge in [-0.2, -0.15) is 0 Å². The molecule has 0 saturated carbocycles. The van der Waals surface area contributed by atoms with Crippen molar-refractivity contribution in [2.24, 2.45) is 0 Å². The third-order valence-electron chi connectivity index (χ3n) is 7.99. The molecule has 0 atom stereocenters. The summed E-state index contributed by atoms with van der Waals surface area (Å²) in [7, 11) is 0. The van der Waals surface area contributed by atoms with Crippen molar-refractivity contribution in [3.63, 3.8) is 0 Å². The first-order chi connectivity index (χ1) is 22.7. The summed E-state index contributed by atoms with van der Waals surface area (Å²) in [5.41, 5.74) is 0.0569.